The Labute approximate surface area is 119 Å². The lowest BCUT2D eigenvalue weighted by Gasteiger charge is -2.32. The monoisotopic (exact) mass is 278 g/mol. The van der Waals surface area contributed by atoms with E-state index in [-0.39, 0.29) is 11.3 Å². The standard InChI is InChI=1S/C15H22N2O3/c1-16-8-10-17(11-9-16)7-3-5-12-4-2-6-13(14(12)18)15(19)20/h2,4,6,18H,3,5,7-11H2,1H3,(H,19,20). The highest BCUT2D eigenvalue weighted by Gasteiger charge is 2.15. The summed E-state index contributed by atoms with van der Waals surface area (Å²) in [4.78, 5) is 15.7. The first-order valence-corrected chi connectivity index (χ1v) is 7.03. The Kier molecular flexibility index (Phi) is 4.98. The third-order valence-electron chi connectivity index (χ3n) is 3.87. The molecule has 2 N–H and O–H groups in total. The maximum Gasteiger partial charge on any atom is 0.339 e. The number of aryl methyl sites for hydroxylation is 1. The molecule has 0 unspecified atom stereocenters. The van der Waals surface area contributed by atoms with Crippen molar-refractivity contribution in [2.45, 2.75) is 12.8 Å². The minimum Gasteiger partial charge on any atom is -0.507 e. The number of nitrogens with zero attached hydrogens (tertiary/aromatic N) is 2. The van der Waals surface area contributed by atoms with Crippen LogP contribution in [0.1, 0.15) is 22.3 Å². The summed E-state index contributed by atoms with van der Waals surface area (Å²) in [6.45, 7) is 5.35. The minimum absolute atomic E-state index is 0.0119. The van der Waals surface area contributed by atoms with Gasteiger partial charge in [0.1, 0.15) is 11.3 Å². The van der Waals surface area contributed by atoms with Crippen molar-refractivity contribution in [1.82, 2.24) is 9.80 Å². The average Bonchev–Trinajstić information content (AvgIpc) is 2.42. The zero-order chi connectivity index (χ0) is 14.5. The molecule has 1 aromatic carbocycles. The van der Waals surface area contributed by atoms with Gasteiger partial charge in [-0.15, -0.1) is 0 Å². The number of aromatic carboxylic acids is 1. The lowest BCUT2D eigenvalue weighted by Crippen LogP contribution is -2.44. The van der Waals surface area contributed by atoms with Gasteiger partial charge >= 0.3 is 5.97 Å². The van der Waals surface area contributed by atoms with Crippen LogP contribution in [0.2, 0.25) is 0 Å². The lowest BCUT2D eigenvalue weighted by molar-refractivity contribution is 0.0693. The number of likely N-dealkylation sites (N-methyl/N-ethyl adjacent to an activating group) is 1. The van der Waals surface area contributed by atoms with E-state index in [0.29, 0.717) is 6.42 Å². The number of benzene rings is 1. The molecule has 0 bridgehead atoms. The lowest BCUT2D eigenvalue weighted by atomic mass is 10.0. The van der Waals surface area contributed by atoms with Crippen molar-refractivity contribution in [3.8, 4) is 5.75 Å². The van der Waals surface area contributed by atoms with Crippen molar-refractivity contribution >= 4 is 5.97 Å². The van der Waals surface area contributed by atoms with E-state index >= 15 is 0 Å². The van der Waals surface area contributed by atoms with Crippen molar-refractivity contribution in [3.05, 3.63) is 29.3 Å². The second-order valence-electron chi connectivity index (χ2n) is 5.37. The van der Waals surface area contributed by atoms with Crippen LogP contribution in [0.3, 0.4) is 0 Å². The summed E-state index contributed by atoms with van der Waals surface area (Å²) in [5.74, 6) is -1.17. The second kappa shape index (κ2) is 6.72. The molecule has 0 amide bonds. The number of hydrogen-bond donors (Lipinski definition) is 2. The Balaban J connectivity index is 1.85. The molecule has 1 heterocycles. The van der Waals surface area contributed by atoms with Crippen LogP contribution < -0.4 is 0 Å². The number of aromatic hydroxyl groups is 1. The minimum atomic E-state index is -1.08. The number of carboxylic acid groups (broad SMARTS) is 1. The number of rotatable bonds is 5. The average molecular weight is 278 g/mol. The summed E-state index contributed by atoms with van der Waals surface area (Å²) < 4.78 is 0. The van der Waals surface area contributed by atoms with Gasteiger partial charge in [0, 0.05) is 26.2 Å². The van der Waals surface area contributed by atoms with E-state index in [2.05, 4.69) is 16.8 Å². The number of phenols is 1. The number of para-hydroxylation sites is 1. The van der Waals surface area contributed by atoms with E-state index in [0.717, 1.165) is 44.7 Å². The van der Waals surface area contributed by atoms with Gasteiger partial charge in [-0.3, -0.25) is 0 Å². The van der Waals surface area contributed by atoms with E-state index in [1.54, 1.807) is 12.1 Å². The highest BCUT2D eigenvalue weighted by Crippen LogP contribution is 2.23. The van der Waals surface area contributed by atoms with Crippen LogP contribution in [0.4, 0.5) is 0 Å². The van der Waals surface area contributed by atoms with Crippen molar-refractivity contribution in [1.29, 1.82) is 0 Å². The fourth-order valence-electron chi connectivity index (χ4n) is 2.53. The van der Waals surface area contributed by atoms with Gasteiger partial charge < -0.3 is 20.0 Å². The van der Waals surface area contributed by atoms with Crippen LogP contribution in [0.5, 0.6) is 5.75 Å². The normalized spacial score (nSPS) is 17.2. The summed E-state index contributed by atoms with van der Waals surface area (Å²) in [6, 6.07) is 4.92. The zero-order valence-electron chi connectivity index (χ0n) is 11.9. The predicted molar refractivity (Wildman–Crippen MR) is 77.3 cm³/mol. The van der Waals surface area contributed by atoms with Crippen LogP contribution in [0.25, 0.3) is 0 Å². The summed E-state index contributed by atoms with van der Waals surface area (Å²) in [5.41, 5.74) is 0.709. The van der Waals surface area contributed by atoms with E-state index in [1.807, 2.05) is 0 Å². The number of carboxylic acids is 1. The van der Waals surface area contributed by atoms with Gasteiger partial charge in [-0.2, -0.15) is 0 Å². The van der Waals surface area contributed by atoms with Gasteiger partial charge in [0.2, 0.25) is 0 Å². The number of hydrogen-bond acceptors (Lipinski definition) is 4. The van der Waals surface area contributed by atoms with E-state index in [4.69, 9.17) is 5.11 Å². The molecular formula is C15H22N2O3. The summed E-state index contributed by atoms with van der Waals surface area (Å²) in [7, 11) is 2.13. The molecule has 20 heavy (non-hydrogen) atoms. The molecule has 1 saturated heterocycles. The largest absolute Gasteiger partial charge is 0.507 e. The molecule has 1 aromatic rings. The molecule has 0 saturated carbocycles. The summed E-state index contributed by atoms with van der Waals surface area (Å²) in [6.07, 6.45) is 1.64. The van der Waals surface area contributed by atoms with Gasteiger partial charge in [0.05, 0.1) is 0 Å². The first kappa shape index (κ1) is 14.8. The van der Waals surface area contributed by atoms with E-state index in [9.17, 15) is 9.90 Å². The van der Waals surface area contributed by atoms with Gasteiger partial charge in [0.25, 0.3) is 0 Å². The van der Waals surface area contributed by atoms with Crippen LogP contribution in [-0.2, 0) is 6.42 Å². The Bertz CT molecular complexity index is 468. The Hall–Kier alpha value is -1.59. The number of piperazine rings is 1. The van der Waals surface area contributed by atoms with Crippen LogP contribution >= 0.6 is 0 Å². The molecule has 0 aromatic heterocycles. The molecule has 2 rings (SSSR count). The van der Waals surface area contributed by atoms with Crippen molar-refractivity contribution < 1.29 is 15.0 Å². The molecule has 1 aliphatic rings. The first-order valence-electron chi connectivity index (χ1n) is 7.03. The van der Waals surface area contributed by atoms with E-state index in [1.165, 1.54) is 6.07 Å². The van der Waals surface area contributed by atoms with Gasteiger partial charge in [-0.1, -0.05) is 12.1 Å². The molecule has 110 valence electrons. The highest BCUT2D eigenvalue weighted by molar-refractivity contribution is 5.91. The number of carbonyl (C=O) groups is 1. The van der Waals surface area contributed by atoms with E-state index < -0.39 is 5.97 Å². The fraction of sp³-hybridized carbons (Fsp3) is 0.533. The van der Waals surface area contributed by atoms with Crippen molar-refractivity contribution in [3.63, 3.8) is 0 Å². The molecule has 0 radical (unpaired) electrons. The Morgan fingerprint density at radius 2 is 1.95 bits per heavy atom. The van der Waals surface area contributed by atoms with Crippen LogP contribution in [-0.4, -0.2) is 65.8 Å². The first-order chi connectivity index (χ1) is 9.58. The second-order valence-corrected chi connectivity index (χ2v) is 5.37. The van der Waals surface area contributed by atoms with Crippen molar-refractivity contribution in [2.24, 2.45) is 0 Å². The maximum atomic E-state index is 11.0. The van der Waals surface area contributed by atoms with Gasteiger partial charge in [0.15, 0.2) is 0 Å². The third-order valence-corrected chi connectivity index (χ3v) is 3.87. The molecule has 0 aliphatic carbocycles. The zero-order valence-corrected chi connectivity index (χ0v) is 11.9. The smallest absolute Gasteiger partial charge is 0.339 e. The van der Waals surface area contributed by atoms with Crippen molar-refractivity contribution in [2.75, 3.05) is 39.8 Å². The molecule has 1 fully saturated rings. The molecule has 0 atom stereocenters. The third kappa shape index (κ3) is 3.71. The van der Waals surface area contributed by atoms with Crippen LogP contribution in [0, 0.1) is 0 Å². The maximum absolute atomic E-state index is 11.0. The molecular weight excluding hydrogens is 256 g/mol. The van der Waals surface area contributed by atoms with Gasteiger partial charge in [-0.25, -0.2) is 4.79 Å². The SMILES string of the molecule is CN1CCN(CCCc2cccc(C(=O)O)c2O)CC1. The summed E-state index contributed by atoms with van der Waals surface area (Å²) in [5, 5.41) is 18.9. The topological polar surface area (TPSA) is 64.0 Å². The fourth-order valence-corrected chi connectivity index (χ4v) is 2.53. The van der Waals surface area contributed by atoms with Gasteiger partial charge in [-0.05, 0) is 38.1 Å². The Morgan fingerprint density at radius 3 is 2.60 bits per heavy atom. The quantitative estimate of drug-likeness (QED) is 0.849. The molecule has 1 aliphatic heterocycles. The predicted octanol–water partition coefficient (Wildman–Crippen LogP) is 1.27. The molecule has 5 nitrogen and oxygen atoms in total. The Morgan fingerprint density at radius 1 is 1.25 bits per heavy atom. The highest BCUT2D eigenvalue weighted by atomic mass is 16.4. The molecule has 0 spiro atoms. The van der Waals surface area contributed by atoms with Crippen LogP contribution in [0.15, 0.2) is 18.2 Å². The summed E-state index contributed by atoms with van der Waals surface area (Å²) >= 11 is 0. The molecule has 5 heteroatoms.